The maximum Gasteiger partial charge on any atom is 0.356 e. The summed E-state index contributed by atoms with van der Waals surface area (Å²) in [5.41, 5.74) is 3.18. The fourth-order valence-corrected chi connectivity index (χ4v) is 1.99. The molecular formula is C14H11N3O2. The number of aromatic carboxylic acids is 1. The highest BCUT2D eigenvalue weighted by molar-refractivity contribution is 5.86. The molecule has 3 aromatic rings. The van der Waals surface area contributed by atoms with Crippen molar-refractivity contribution in [3.05, 3.63) is 53.9 Å². The Morgan fingerprint density at radius 2 is 1.95 bits per heavy atom. The number of carboxylic acids is 1. The number of carboxylic acid groups (broad SMARTS) is 1. The van der Waals surface area contributed by atoms with Crippen LogP contribution in [0.15, 0.2) is 42.5 Å². The SMILES string of the molecule is Cc1cc(-c2ccccc2)nc2cc(C(=O)O)nn12. The van der Waals surface area contributed by atoms with E-state index in [1.54, 1.807) is 0 Å². The van der Waals surface area contributed by atoms with Crippen LogP contribution in [0.5, 0.6) is 0 Å². The Morgan fingerprint density at radius 1 is 1.21 bits per heavy atom. The van der Waals surface area contributed by atoms with Crippen molar-refractivity contribution in [2.45, 2.75) is 6.92 Å². The van der Waals surface area contributed by atoms with E-state index < -0.39 is 5.97 Å². The van der Waals surface area contributed by atoms with Crippen LogP contribution < -0.4 is 0 Å². The van der Waals surface area contributed by atoms with Gasteiger partial charge >= 0.3 is 5.97 Å². The summed E-state index contributed by atoms with van der Waals surface area (Å²) < 4.78 is 1.54. The van der Waals surface area contributed by atoms with Crippen LogP contribution >= 0.6 is 0 Å². The number of nitrogens with zero attached hydrogens (tertiary/aromatic N) is 3. The summed E-state index contributed by atoms with van der Waals surface area (Å²) in [5, 5.41) is 13.0. The second-order valence-corrected chi connectivity index (χ2v) is 4.25. The molecule has 19 heavy (non-hydrogen) atoms. The van der Waals surface area contributed by atoms with E-state index in [0.29, 0.717) is 5.65 Å². The summed E-state index contributed by atoms with van der Waals surface area (Å²) in [5.74, 6) is -1.05. The first-order chi connectivity index (χ1) is 9.15. The van der Waals surface area contributed by atoms with Gasteiger partial charge in [-0.15, -0.1) is 0 Å². The van der Waals surface area contributed by atoms with E-state index in [1.165, 1.54) is 10.6 Å². The topological polar surface area (TPSA) is 67.5 Å². The quantitative estimate of drug-likeness (QED) is 0.761. The fraction of sp³-hybridized carbons (Fsp3) is 0.0714. The van der Waals surface area contributed by atoms with E-state index in [1.807, 2.05) is 43.3 Å². The molecular weight excluding hydrogens is 242 g/mol. The zero-order chi connectivity index (χ0) is 13.4. The minimum Gasteiger partial charge on any atom is -0.476 e. The van der Waals surface area contributed by atoms with Gasteiger partial charge in [0.05, 0.1) is 5.69 Å². The lowest BCUT2D eigenvalue weighted by atomic mass is 10.1. The number of hydrogen-bond acceptors (Lipinski definition) is 3. The maximum atomic E-state index is 10.9. The van der Waals surface area contributed by atoms with Gasteiger partial charge in [0.15, 0.2) is 11.3 Å². The summed E-state index contributed by atoms with van der Waals surface area (Å²) in [6.45, 7) is 1.87. The molecule has 0 amide bonds. The van der Waals surface area contributed by atoms with Gasteiger partial charge in [0, 0.05) is 17.3 Å². The van der Waals surface area contributed by atoms with Gasteiger partial charge in [-0.05, 0) is 13.0 Å². The van der Waals surface area contributed by atoms with E-state index in [2.05, 4.69) is 10.1 Å². The number of fused-ring (bicyclic) bond motifs is 1. The highest BCUT2D eigenvalue weighted by atomic mass is 16.4. The molecule has 0 fully saturated rings. The number of carbonyl (C=O) groups is 1. The Labute approximate surface area is 109 Å². The molecule has 1 aromatic carbocycles. The van der Waals surface area contributed by atoms with Crippen molar-refractivity contribution in [2.75, 3.05) is 0 Å². The van der Waals surface area contributed by atoms with Crippen LogP contribution in [0.1, 0.15) is 16.2 Å². The molecule has 0 bridgehead atoms. The van der Waals surface area contributed by atoms with Crippen LogP contribution in [0.2, 0.25) is 0 Å². The first-order valence-electron chi connectivity index (χ1n) is 5.81. The second kappa shape index (κ2) is 4.20. The lowest BCUT2D eigenvalue weighted by molar-refractivity contribution is 0.0690. The first kappa shape index (κ1) is 11.4. The van der Waals surface area contributed by atoms with Crippen molar-refractivity contribution in [3.8, 4) is 11.3 Å². The van der Waals surface area contributed by atoms with Gasteiger partial charge in [0.25, 0.3) is 0 Å². The molecule has 0 unspecified atom stereocenters. The molecule has 2 heterocycles. The monoisotopic (exact) mass is 253 g/mol. The van der Waals surface area contributed by atoms with Crippen LogP contribution in [-0.4, -0.2) is 25.7 Å². The molecule has 0 aliphatic carbocycles. The Kier molecular flexibility index (Phi) is 2.52. The number of aromatic nitrogens is 3. The van der Waals surface area contributed by atoms with Crippen LogP contribution in [0.3, 0.4) is 0 Å². The largest absolute Gasteiger partial charge is 0.476 e. The molecule has 0 spiro atoms. The Morgan fingerprint density at radius 3 is 2.63 bits per heavy atom. The van der Waals surface area contributed by atoms with Crippen molar-refractivity contribution < 1.29 is 9.90 Å². The highest BCUT2D eigenvalue weighted by Gasteiger charge is 2.12. The van der Waals surface area contributed by atoms with Crippen molar-refractivity contribution in [1.29, 1.82) is 0 Å². The van der Waals surface area contributed by atoms with Gasteiger partial charge in [-0.25, -0.2) is 14.3 Å². The molecule has 3 rings (SSSR count). The molecule has 0 aliphatic rings. The summed E-state index contributed by atoms with van der Waals surface area (Å²) >= 11 is 0. The fourth-order valence-electron chi connectivity index (χ4n) is 1.99. The van der Waals surface area contributed by atoms with Gasteiger partial charge in [0.2, 0.25) is 0 Å². The van der Waals surface area contributed by atoms with Gasteiger partial charge in [-0.2, -0.15) is 5.10 Å². The van der Waals surface area contributed by atoms with Crippen molar-refractivity contribution in [1.82, 2.24) is 14.6 Å². The molecule has 5 heteroatoms. The first-order valence-corrected chi connectivity index (χ1v) is 5.81. The van der Waals surface area contributed by atoms with Crippen molar-refractivity contribution in [3.63, 3.8) is 0 Å². The van der Waals surface area contributed by atoms with Crippen LogP contribution in [-0.2, 0) is 0 Å². The lowest BCUT2D eigenvalue weighted by Gasteiger charge is -2.04. The summed E-state index contributed by atoms with van der Waals surface area (Å²) in [6.07, 6.45) is 0. The Balaban J connectivity index is 2.22. The molecule has 1 N–H and O–H groups in total. The summed E-state index contributed by atoms with van der Waals surface area (Å²) in [6, 6.07) is 13.1. The standard InChI is InChI=1S/C14H11N3O2/c1-9-7-11(10-5-3-2-4-6-10)15-13-8-12(14(18)19)16-17(9)13/h2-8H,1H3,(H,18,19). The van der Waals surface area contributed by atoms with E-state index >= 15 is 0 Å². The second-order valence-electron chi connectivity index (χ2n) is 4.25. The molecule has 94 valence electrons. The minimum absolute atomic E-state index is 0.000752. The molecule has 0 aliphatic heterocycles. The molecule has 0 atom stereocenters. The Bertz CT molecular complexity index is 763. The average Bonchev–Trinajstić information content (AvgIpc) is 2.84. The van der Waals surface area contributed by atoms with Crippen molar-refractivity contribution >= 4 is 11.6 Å². The van der Waals surface area contributed by atoms with E-state index in [4.69, 9.17) is 5.11 Å². The third-order valence-corrected chi connectivity index (χ3v) is 2.89. The maximum absolute atomic E-state index is 10.9. The predicted octanol–water partition coefficient (Wildman–Crippen LogP) is 2.40. The van der Waals surface area contributed by atoms with Crippen LogP contribution in [0.4, 0.5) is 0 Å². The molecule has 5 nitrogen and oxygen atoms in total. The van der Waals surface area contributed by atoms with E-state index in [0.717, 1.165) is 17.0 Å². The van der Waals surface area contributed by atoms with Gasteiger partial charge in [0.1, 0.15) is 0 Å². The van der Waals surface area contributed by atoms with E-state index in [-0.39, 0.29) is 5.69 Å². The summed E-state index contributed by atoms with van der Waals surface area (Å²) in [4.78, 5) is 15.4. The van der Waals surface area contributed by atoms with Gasteiger partial charge < -0.3 is 5.11 Å². The average molecular weight is 253 g/mol. The number of hydrogen-bond donors (Lipinski definition) is 1. The zero-order valence-corrected chi connectivity index (χ0v) is 10.2. The highest BCUT2D eigenvalue weighted by Crippen LogP contribution is 2.19. The smallest absolute Gasteiger partial charge is 0.356 e. The number of aryl methyl sites for hydroxylation is 1. The van der Waals surface area contributed by atoms with Gasteiger partial charge in [-0.3, -0.25) is 0 Å². The third-order valence-electron chi connectivity index (χ3n) is 2.89. The molecule has 2 aromatic heterocycles. The van der Waals surface area contributed by atoms with Crippen LogP contribution in [0, 0.1) is 6.92 Å². The van der Waals surface area contributed by atoms with Crippen molar-refractivity contribution in [2.24, 2.45) is 0 Å². The summed E-state index contributed by atoms with van der Waals surface area (Å²) in [7, 11) is 0. The predicted molar refractivity (Wildman–Crippen MR) is 70.1 cm³/mol. The van der Waals surface area contributed by atoms with Crippen LogP contribution in [0.25, 0.3) is 16.9 Å². The Hall–Kier alpha value is -2.69. The third kappa shape index (κ3) is 1.95. The molecule has 0 saturated heterocycles. The van der Waals surface area contributed by atoms with Gasteiger partial charge in [-0.1, -0.05) is 30.3 Å². The zero-order valence-electron chi connectivity index (χ0n) is 10.2. The minimum atomic E-state index is -1.05. The lowest BCUT2D eigenvalue weighted by Crippen LogP contribution is -2.00. The number of benzene rings is 1. The normalized spacial score (nSPS) is 10.8. The molecule has 0 radical (unpaired) electrons. The number of rotatable bonds is 2. The van der Waals surface area contributed by atoms with E-state index in [9.17, 15) is 4.79 Å². The molecule has 0 saturated carbocycles.